The van der Waals surface area contributed by atoms with Crippen LogP contribution in [-0.4, -0.2) is 23.1 Å². The lowest BCUT2D eigenvalue weighted by Gasteiger charge is -2.13. The average Bonchev–Trinajstić information content (AvgIpc) is 3.31. The molecule has 3 aromatic rings. The van der Waals surface area contributed by atoms with Crippen molar-refractivity contribution in [3.63, 3.8) is 0 Å². The normalized spacial score (nSPS) is 10.5. The van der Waals surface area contributed by atoms with Gasteiger partial charge in [-0.3, -0.25) is 4.79 Å². The lowest BCUT2D eigenvalue weighted by Crippen LogP contribution is -2.23. The van der Waals surface area contributed by atoms with E-state index in [1.165, 1.54) is 0 Å². The van der Waals surface area contributed by atoms with Gasteiger partial charge in [0.05, 0.1) is 23.9 Å². The number of aromatic nitrogens is 1. The molecule has 0 aliphatic carbocycles. The number of amides is 1. The second kappa shape index (κ2) is 8.70. The molecule has 7 nitrogen and oxygen atoms in total. The minimum absolute atomic E-state index is 0.358. The van der Waals surface area contributed by atoms with Crippen molar-refractivity contribution in [2.45, 2.75) is 34.2 Å². The van der Waals surface area contributed by atoms with Gasteiger partial charge in [-0.25, -0.2) is 4.79 Å². The molecule has 2 aromatic heterocycles. The first kappa shape index (κ1) is 20.9. The molecule has 1 aromatic carbocycles. The summed E-state index contributed by atoms with van der Waals surface area (Å²) in [6.07, 6.45) is 1.57. The molecule has 0 atom stereocenters. The molecule has 1 amide bonds. The Kier molecular flexibility index (Phi) is 6.07. The first-order valence-corrected chi connectivity index (χ1v) is 9.48. The van der Waals surface area contributed by atoms with Crippen molar-refractivity contribution in [2.75, 3.05) is 11.9 Å². The molecule has 0 saturated carbocycles. The Labute approximate surface area is 174 Å². The summed E-state index contributed by atoms with van der Waals surface area (Å²) in [5, 5.41) is 12.3. The maximum atomic E-state index is 12.5. The van der Waals surface area contributed by atoms with Crippen molar-refractivity contribution in [2.24, 2.45) is 0 Å². The maximum absolute atomic E-state index is 12.5. The number of nitrogens with zero attached hydrogens (tertiary/aromatic N) is 2. The summed E-state index contributed by atoms with van der Waals surface area (Å²) in [4.78, 5) is 24.9. The molecule has 154 valence electrons. The Morgan fingerprint density at radius 2 is 1.90 bits per heavy atom. The Balaban J connectivity index is 1.76. The molecule has 0 fully saturated rings. The molecule has 0 spiro atoms. The number of carbonyl (C=O) groups is 2. The first-order chi connectivity index (χ1) is 14.3. The van der Waals surface area contributed by atoms with Gasteiger partial charge in [-0.1, -0.05) is 12.1 Å². The van der Waals surface area contributed by atoms with Crippen LogP contribution in [-0.2, 0) is 16.1 Å². The van der Waals surface area contributed by atoms with E-state index in [0.717, 1.165) is 22.4 Å². The Morgan fingerprint density at radius 1 is 1.13 bits per heavy atom. The minimum Gasteiger partial charge on any atom is -0.467 e. The van der Waals surface area contributed by atoms with Crippen molar-refractivity contribution < 1.29 is 18.7 Å². The number of hydrogen-bond acceptors (Lipinski definition) is 5. The third-order valence-corrected chi connectivity index (χ3v) is 5.25. The van der Waals surface area contributed by atoms with Crippen LogP contribution in [0.5, 0.6) is 0 Å². The van der Waals surface area contributed by atoms with Gasteiger partial charge in [-0.2, -0.15) is 5.26 Å². The highest BCUT2D eigenvalue weighted by Crippen LogP contribution is 2.27. The SMILES string of the molecule is Cc1cccc(C(=O)OCC(=O)Nc2c(C#N)c(C)c(C)n2Cc2ccco2)c1C. The minimum atomic E-state index is -0.565. The van der Waals surface area contributed by atoms with E-state index >= 15 is 0 Å². The van der Waals surface area contributed by atoms with Gasteiger partial charge in [-0.05, 0) is 62.6 Å². The Hall–Kier alpha value is -3.79. The zero-order chi connectivity index (χ0) is 21.8. The molecule has 7 heteroatoms. The van der Waals surface area contributed by atoms with E-state index < -0.39 is 18.5 Å². The zero-order valence-electron chi connectivity index (χ0n) is 17.4. The molecule has 0 saturated heterocycles. The van der Waals surface area contributed by atoms with Crippen LogP contribution in [0.25, 0.3) is 0 Å². The predicted molar refractivity (Wildman–Crippen MR) is 111 cm³/mol. The van der Waals surface area contributed by atoms with Crippen LogP contribution >= 0.6 is 0 Å². The van der Waals surface area contributed by atoms with Gasteiger partial charge in [0.15, 0.2) is 6.61 Å². The summed E-state index contributed by atoms with van der Waals surface area (Å²) < 4.78 is 12.4. The second-order valence-corrected chi connectivity index (χ2v) is 7.08. The molecule has 3 rings (SSSR count). The van der Waals surface area contributed by atoms with Crippen molar-refractivity contribution in [1.82, 2.24) is 4.57 Å². The van der Waals surface area contributed by atoms with Crippen LogP contribution in [0.15, 0.2) is 41.0 Å². The van der Waals surface area contributed by atoms with Crippen molar-refractivity contribution in [1.29, 1.82) is 5.26 Å². The molecular weight excluding hydrogens is 382 g/mol. The third kappa shape index (κ3) is 4.13. The van der Waals surface area contributed by atoms with Gasteiger partial charge in [0, 0.05) is 5.69 Å². The summed E-state index contributed by atoms with van der Waals surface area (Å²) in [5.41, 5.74) is 4.18. The number of nitrogens with one attached hydrogen (secondary N) is 1. The fourth-order valence-electron chi connectivity index (χ4n) is 3.24. The fourth-order valence-corrected chi connectivity index (χ4v) is 3.24. The summed E-state index contributed by atoms with van der Waals surface area (Å²) >= 11 is 0. The van der Waals surface area contributed by atoms with Gasteiger partial charge in [0.25, 0.3) is 5.91 Å². The average molecular weight is 405 g/mol. The Bertz CT molecular complexity index is 1130. The molecule has 0 bridgehead atoms. The topological polar surface area (TPSA) is 97.3 Å². The molecule has 0 radical (unpaired) electrons. The number of aryl methyl sites for hydroxylation is 1. The second-order valence-electron chi connectivity index (χ2n) is 7.08. The van der Waals surface area contributed by atoms with E-state index in [4.69, 9.17) is 9.15 Å². The number of benzene rings is 1. The van der Waals surface area contributed by atoms with Crippen molar-refractivity contribution in [3.05, 3.63) is 75.9 Å². The van der Waals surface area contributed by atoms with Crippen LogP contribution in [0.2, 0.25) is 0 Å². The zero-order valence-corrected chi connectivity index (χ0v) is 17.4. The Morgan fingerprint density at radius 3 is 2.57 bits per heavy atom. The maximum Gasteiger partial charge on any atom is 0.338 e. The summed E-state index contributed by atoms with van der Waals surface area (Å²) in [6.45, 7) is 7.33. The number of esters is 1. The number of nitriles is 1. The number of rotatable bonds is 6. The van der Waals surface area contributed by atoms with E-state index in [2.05, 4.69) is 11.4 Å². The molecule has 30 heavy (non-hydrogen) atoms. The lowest BCUT2D eigenvalue weighted by molar-refractivity contribution is -0.119. The number of hydrogen-bond donors (Lipinski definition) is 1. The fraction of sp³-hybridized carbons (Fsp3) is 0.261. The molecule has 0 aliphatic rings. The lowest BCUT2D eigenvalue weighted by atomic mass is 10.0. The van der Waals surface area contributed by atoms with Gasteiger partial charge in [0.2, 0.25) is 0 Å². The quantitative estimate of drug-likeness (QED) is 0.625. The van der Waals surface area contributed by atoms with Crippen molar-refractivity contribution in [3.8, 4) is 6.07 Å². The first-order valence-electron chi connectivity index (χ1n) is 9.48. The van der Waals surface area contributed by atoms with Crippen LogP contribution < -0.4 is 5.32 Å². The molecular formula is C23H23N3O4. The van der Waals surface area contributed by atoms with Crippen molar-refractivity contribution >= 4 is 17.7 Å². The van der Waals surface area contributed by atoms with E-state index in [-0.39, 0.29) is 0 Å². The van der Waals surface area contributed by atoms with E-state index in [1.54, 1.807) is 29.0 Å². The summed E-state index contributed by atoms with van der Waals surface area (Å²) in [7, 11) is 0. The standard InChI is InChI=1S/C23H23N3O4/c1-14-7-5-9-19(15(14)2)23(28)30-13-21(27)25-22-20(11-24)16(3)17(4)26(22)12-18-8-6-10-29-18/h5-10H,12-13H2,1-4H3,(H,25,27). The highest BCUT2D eigenvalue weighted by molar-refractivity contribution is 5.96. The van der Waals surface area contributed by atoms with E-state index in [1.807, 2.05) is 39.8 Å². The van der Waals surface area contributed by atoms with E-state index in [0.29, 0.717) is 29.2 Å². The summed E-state index contributed by atoms with van der Waals surface area (Å²) in [6, 6.07) is 11.1. The monoisotopic (exact) mass is 405 g/mol. The molecule has 2 heterocycles. The highest BCUT2D eigenvalue weighted by atomic mass is 16.5. The van der Waals surface area contributed by atoms with Crippen LogP contribution in [0, 0.1) is 39.0 Å². The van der Waals surface area contributed by atoms with Gasteiger partial charge in [-0.15, -0.1) is 0 Å². The summed E-state index contributed by atoms with van der Waals surface area (Å²) in [5.74, 6) is -0.0420. The molecule has 1 N–H and O–H groups in total. The number of ether oxygens (including phenoxy) is 1. The van der Waals surface area contributed by atoms with Crippen LogP contribution in [0.1, 0.15) is 44.1 Å². The molecule has 0 unspecified atom stereocenters. The third-order valence-electron chi connectivity index (χ3n) is 5.25. The largest absolute Gasteiger partial charge is 0.467 e. The highest BCUT2D eigenvalue weighted by Gasteiger charge is 2.21. The van der Waals surface area contributed by atoms with Crippen LogP contribution in [0.4, 0.5) is 5.82 Å². The van der Waals surface area contributed by atoms with Gasteiger partial charge in [0.1, 0.15) is 17.6 Å². The van der Waals surface area contributed by atoms with Crippen LogP contribution in [0.3, 0.4) is 0 Å². The number of furan rings is 1. The van der Waals surface area contributed by atoms with Gasteiger partial charge >= 0.3 is 5.97 Å². The number of anilines is 1. The smallest absolute Gasteiger partial charge is 0.338 e. The predicted octanol–water partition coefficient (Wildman–Crippen LogP) is 4.03. The number of carbonyl (C=O) groups excluding carboxylic acids is 2. The van der Waals surface area contributed by atoms with Gasteiger partial charge < -0.3 is 19.0 Å². The van der Waals surface area contributed by atoms with E-state index in [9.17, 15) is 14.9 Å². The molecule has 0 aliphatic heterocycles.